The standard InChI is InChI=1S/C24H38N2O2/c1-17(2)10-11-24(15-21-8-9-22(24)26(21)12-5-13-27)23(28)25-16-20-14-18(3)6-7-19(20)4/h6-7,14,17,21-22,27H,5,8-13,15-16H2,1-4H3,(H,25,28)/t21-,22+,24+/m1/s1. The van der Waals surface area contributed by atoms with Crippen LogP contribution in [0.3, 0.4) is 0 Å². The third-order valence-electron chi connectivity index (χ3n) is 7.02. The van der Waals surface area contributed by atoms with E-state index in [2.05, 4.69) is 56.1 Å². The summed E-state index contributed by atoms with van der Waals surface area (Å²) in [4.78, 5) is 16.1. The van der Waals surface area contributed by atoms with Crippen molar-refractivity contribution in [2.24, 2.45) is 11.3 Å². The summed E-state index contributed by atoms with van der Waals surface area (Å²) < 4.78 is 0. The highest BCUT2D eigenvalue weighted by Gasteiger charge is 2.58. The Morgan fingerprint density at radius 1 is 1.32 bits per heavy atom. The molecule has 3 atom stereocenters. The highest BCUT2D eigenvalue weighted by atomic mass is 16.3. The first-order valence-corrected chi connectivity index (χ1v) is 11.1. The summed E-state index contributed by atoms with van der Waals surface area (Å²) >= 11 is 0. The molecular weight excluding hydrogens is 348 g/mol. The second kappa shape index (κ2) is 8.96. The lowest BCUT2D eigenvalue weighted by molar-refractivity contribution is -0.133. The van der Waals surface area contributed by atoms with Gasteiger partial charge in [-0.15, -0.1) is 0 Å². The lowest BCUT2D eigenvalue weighted by Crippen LogP contribution is -2.49. The first kappa shape index (κ1) is 21.3. The second-order valence-electron chi connectivity index (χ2n) is 9.47. The Labute approximate surface area is 170 Å². The number of hydrogen-bond donors (Lipinski definition) is 2. The zero-order valence-electron chi connectivity index (χ0n) is 18.1. The zero-order valence-corrected chi connectivity index (χ0v) is 18.1. The number of amides is 1. The molecule has 4 nitrogen and oxygen atoms in total. The number of fused-ring (bicyclic) bond motifs is 2. The van der Waals surface area contributed by atoms with Crippen LogP contribution in [0, 0.1) is 25.2 Å². The van der Waals surface area contributed by atoms with Crippen LogP contribution in [0.4, 0.5) is 0 Å². The Morgan fingerprint density at radius 3 is 2.82 bits per heavy atom. The molecule has 2 heterocycles. The molecule has 3 rings (SSSR count). The van der Waals surface area contributed by atoms with Gasteiger partial charge < -0.3 is 10.4 Å². The quantitative estimate of drug-likeness (QED) is 0.675. The van der Waals surface area contributed by atoms with Crippen LogP contribution in [0.1, 0.15) is 69.1 Å². The number of carbonyl (C=O) groups is 1. The summed E-state index contributed by atoms with van der Waals surface area (Å²) in [5, 5.41) is 12.6. The molecule has 2 aliphatic rings. The summed E-state index contributed by atoms with van der Waals surface area (Å²) in [5.41, 5.74) is 3.42. The Kier molecular flexibility index (Phi) is 6.82. The lowest BCUT2D eigenvalue weighted by atomic mass is 9.69. The summed E-state index contributed by atoms with van der Waals surface area (Å²) in [6, 6.07) is 7.29. The van der Waals surface area contributed by atoms with Crippen LogP contribution >= 0.6 is 0 Å². The molecule has 156 valence electrons. The van der Waals surface area contributed by atoms with Crippen LogP contribution in [-0.4, -0.2) is 41.1 Å². The molecule has 0 radical (unpaired) electrons. The number of carbonyl (C=O) groups excluding carboxylic acids is 1. The van der Waals surface area contributed by atoms with Crippen LogP contribution in [-0.2, 0) is 11.3 Å². The highest BCUT2D eigenvalue weighted by molar-refractivity contribution is 5.84. The Morgan fingerprint density at radius 2 is 2.11 bits per heavy atom. The van der Waals surface area contributed by atoms with Gasteiger partial charge in [-0.2, -0.15) is 0 Å². The van der Waals surface area contributed by atoms with Gasteiger partial charge >= 0.3 is 0 Å². The van der Waals surface area contributed by atoms with Crippen LogP contribution in [0.2, 0.25) is 0 Å². The van der Waals surface area contributed by atoms with E-state index >= 15 is 0 Å². The van der Waals surface area contributed by atoms with E-state index in [1.165, 1.54) is 23.1 Å². The molecule has 1 amide bonds. The predicted octanol–water partition coefficient (Wildman–Crippen LogP) is 3.96. The van der Waals surface area contributed by atoms with Gasteiger partial charge in [-0.3, -0.25) is 9.69 Å². The van der Waals surface area contributed by atoms with Crippen molar-refractivity contribution < 1.29 is 9.90 Å². The molecule has 2 saturated heterocycles. The number of nitrogens with one attached hydrogen (secondary N) is 1. The SMILES string of the molecule is Cc1ccc(C)c(CNC(=O)[C@@]2(CCC(C)C)C[C@H]3CC[C@@H]2N3CCCO)c1. The van der Waals surface area contributed by atoms with E-state index in [0.29, 0.717) is 24.5 Å². The van der Waals surface area contributed by atoms with Gasteiger partial charge in [-0.25, -0.2) is 0 Å². The third-order valence-corrected chi connectivity index (χ3v) is 7.02. The molecule has 0 aromatic heterocycles. The smallest absolute Gasteiger partial charge is 0.228 e. The molecule has 4 heteroatoms. The molecule has 0 unspecified atom stereocenters. The third kappa shape index (κ3) is 4.28. The summed E-state index contributed by atoms with van der Waals surface area (Å²) in [5.74, 6) is 0.851. The maximum Gasteiger partial charge on any atom is 0.228 e. The first-order chi connectivity index (χ1) is 13.4. The molecular formula is C24H38N2O2. The van der Waals surface area contributed by atoms with Gasteiger partial charge in [0.05, 0.1) is 5.41 Å². The summed E-state index contributed by atoms with van der Waals surface area (Å²) in [6.45, 7) is 10.5. The Bertz CT molecular complexity index is 687. The van der Waals surface area contributed by atoms with Gasteiger partial charge in [0.25, 0.3) is 0 Å². The minimum atomic E-state index is -0.264. The van der Waals surface area contributed by atoms with Crippen molar-refractivity contribution in [2.45, 2.75) is 84.8 Å². The lowest BCUT2D eigenvalue weighted by Gasteiger charge is -2.37. The van der Waals surface area contributed by atoms with E-state index < -0.39 is 0 Å². The number of hydrogen-bond acceptors (Lipinski definition) is 3. The average molecular weight is 387 g/mol. The van der Waals surface area contributed by atoms with Gasteiger partial charge in [0.1, 0.15) is 0 Å². The maximum absolute atomic E-state index is 13.6. The van der Waals surface area contributed by atoms with Crippen LogP contribution in [0.15, 0.2) is 18.2 Å². The van der Waals surface area contributed by atoms with Gasteiger partial charge in [-0.1, -0.05) is 37.6 Å². The number of nitrogens with zero attached hydrogens (tertiary/aromatic N) is 1. The van der Waals surface area contributed by atoms with Crippen LogP contribution in [0.5, 0.6) is 0 Å². The number of aryl methyl sites for hydroxylation is 2. The van der Waals surface area contributed by atoms with Gasteiger partial charge in [-0.05, 0) is 69.4 Å². The van der Waals surface area contributed by atoms with E-state index in [1.54, 1.807) is 0 Å². The molecule has 2 fully saturated rings. The maximum atomic E-state index is 13.6. The molecule has 2 aliphatic heterocycles. The fourth-order valence-electron chi connectivity index (χ4n) is 5.41. The van der Waals surface area contributed by atoms with E-state index in [1.807, 2.05) is 0 Å². The molecule has 28 heavy (non-hydrogen) atoms. The highest BCUT2D eigenvalue weighted by Crippen LogP contribution is 2.52. The summed E-state index contributed by atoms with van der Waals surface area (Å²) in [7, 11) is 0. The molecule has 0 aliphatic carbocycles. The van der Waals surface area contributed by atoms with Gasteiger partial charge in [0.15, 0.2) is 0 Å². The Hall–Kier alpha value is -1.39. The number of aliphatic hydroxyl groups is 1. The normalized spacial score (nSPS) is 26.9. The van der Waals surface area contributed by atoms with E-state index in [0.717, 1.165) is 38.6 Å². The van der Waals surface area contributed by atoms with Crippen LogP contribution in [0.25, 0.3) is 0 Å². The second-order valence-corrected chi connectivity index (χ2v) is 9.47. The van der Waals surface area contributed by atoms with Crippen molar-refractivity contribution in [3.05, 3.63) is 34.9 Å². The number of aliphatic hydroxyl groups excluding tert-OH is 1. The van der Waals surface area contributed by atoms with Crippen molar-refractivity contribution in [1.82, 2.24) is 10.2 Å². The molecule has 0 spiro atoms. The largest absolute Gasteiger partial charge is 0.396 e. The van der Waals surface area contributed by atoms with E-state index in [-0.39, 0.29) is 17.9 Å². The van der Waals surface area contributed by atoms with Crippen molar-refractivity contribution in [3.63, 3.8) is 0 Å². The van der Waals surface area contributed by atoms with Gasteiger partial charge in [0.2, 0.25) is 5.91 Å². The molecule has 1 aromatic rings. The van der Waals surface area contributed by atoms with Crippen molar-refractivity contribution in [1.29, 1.82) is 0 Å². The topological polar surface area (TPSA) is 52.6 Å². The monoisotopic (exact) mass is 386 g/mol. The molecule has 2 N–H and O–H groups in total. The van der Waals surface area contributed by atoms with Crippen molar-refractivity contribution in [2.75, 3.05) is 13.2 Å². The Balaban J connectivity index is 1.76. The minimum Gasteiger partial charge on any atom is -0.396 e. The molecule has 2 bridgehead atoms. The van der Waals surface area contributed by atoms with Crippen LogP contribution < -0.4 is 5.32 Å². The average Bonchev–Trinajstić information content (AvgIpc) is 3.20. The fraction of sp³-hybridized carbons (Fsp3) is 0.708. The predicted molar refractivity (Wildman–Crippen MR) is 114 cm³/mol. The van der Waals surface area contributed by atoms with E-state index in [4.69, 9.17) is 0 Å². The number of benzene rings is 1. The summed E-state index contributed by atoms with van der Waals surface area (Å²) in [6.07, 6.45) is 6.16. The van der Waals surface area contributed by atoms with Crippen molar-refractivity contribution >= 4 is 5.91 Å². The van der Waals surface area contributed by atoms with Gasteiger partial charge in [0, 0.05) is 31.8 Å². The first-order valence-electron chi connectivity index (χ1n) is 11.1. The molecule has 0 saturated carbocycles. The minimum absolute atomic E-state index is 0.230. The fourth-order valence-corrected chi connectivity index (χ4v) is 5.41. The number of rotatable bonds is 9. The van der Waals surface area contributed by atoms with E-state index in [9.17, 15) is 9.90 Å². The zero-order chi connectivity index (χ0) is 20.3. The van der Waals surface area contributed by atoms with Crippen molar-refractivity contribution in [3.8, 4) is 0 Å². The molecule has 1 aromatic carbocycles.